The summed E-state index contributed by atoms with van der Waals surface area (Å²) in [5.41, 5.74) is 12.2. The number of nitrogens with two attached hydrogens (primary N) is 1. The van der Waals surface area contributed by atoms with E-state index in [0.29, 0.717) is 53.5 Å². The molecule has 1 aliphatic rings. The van der Waals surface area contributed by atoms with Gasteiger partial charge in [-0.25, -0.2) is 0 Å². The Morgan fingerprint density at radius 2 is 2.03 bits per heavy atom. The van der Waals surface area contributed by atoms with E-state index in [4.69, 9.17) is 15.2 Å². The SMILES string of the molecule is N#Cc1cccc(Cn2ccc3cc(Nc4c(C#N)cnc5cc(OC6CCOC6)c(N)cc45)ccc32)c1. The molecule has 0 radical (unpaired) electrons. The number of pyridine rings is 1. The Labute approximate surface area is 219 Å². The third-order valence-electron chi connectivity index (χ3n) is 6.75. The lowest BCUT2D eigenvalue weighted by atomic mass is 10.1. The number of hydrogen-bond acceptors (Lipinski definition) is 7. The van der Waals surface area contributed by atoms with Gasteiger partial charge in [0.2, 0.25) is 0 Å². The van der Waals surface area contributed by atoms with E-state index in [9.17, 15) is 10.5 Å². The summed E-state index contributed by atoms with van der Waals surface area (Å²) in [5.74, 6) is 0.569. The van der Waals surface area contributed by atoms with Crippen molar-refractivity contribution in [1.29, 1.82) is 10.5 Å². The minimum Gasteiger partial charge on any atom is -0.486 e. The number of benzene rings is 3. The van der Waals surface area contributed by atoms with Gasteiger partial charge in [0.05, 0.1) is 47.3 Å². The van der Waals surface area contributed by atoms with Crippen LogP contribution in [-0.4, -0.2) is 28.9 Å². The highest BCUT2D eigenvalue weighted by Crippen LogP contribution is 2.36. The van der Waals surface area contributed by atoms with Crippen molar-refractivity contribution in [2.24, 2.45) is 0 Å². The Kier molecular flexibility index (Phi) is 6.01. The average Bonchev–Trinajstić information content (AvgIpc) is 3.59. The number of nitrogens with zero attached hydrogens (tertiary/aromatic N) is 4. The lowest BCUT2D eigenvalue weighted by Crippen LogP contribution is -2.16. The van der Waals surface area contributed by atoms with Crippen LogP contribution in [0.25, 0.3) is 21.8 Å². The molecule has 0 amide bonds. The van der Waals surface area contributed by atoms with E-state index in [2.05, 4.69) is 33.1 Å². The highest BCUT2D eigenvalue weighted by atomic mass is 16.5. The van der Waals surface area contributed by atoms with E-state index in [0.717, 1.165) is 34.0 Å². The van der Waals surface area contributed by atoms with Crippen molar-refractivity contribution in [2.75, 3.05) is 24.3 Å². The molecule has 3 N–H and O–H groups in total. The van der Waals surface area contributed by atoms with Gasteiger partial charge in [0, 0.05) is 53.4 Å². The fourth-order valence-electron chi connectivity index (χ4n) is 4.84. The first kappa shape index (κ1) is 23.4. The molecule has 8 heteroatoms. The number of nitriles is 2. The smallest absolute Gasteiger partial charge is 0.144 e. The molecule has 0 spiro atoms. The Morgan fingerprint density at radius 1 is 1.11 bits per heavy atom. The van der Waals surface area contributed by atoms with E-state index < -0.39 is 0 Å². The first-order valence-electron chi connectivity index (χ1n) is 12.3. The van der Waals surface area contributed by atoms with Crippen molar-refractivity contribution in [1.82, 2.24) is 9.55 Å². The standard InChI is InChI=1S/C30H24N6O2/c31-14-19-2-1-3-20(10-19)17-36-8-6-21-11-23(4-5-28(21)36)35-30-22(15-32)16-34-27-13-29(26(33)12-25(27)30)38-24-7-9-37-18-24/h1-6,8,10-13,16,24H,7,9,17-18,33H2,(H,34,35). The molecule has 0 saturated carbocycles. The largest absolute Gasteiger partial charge is 0.486 e. The summed E-state index contributed by atoms with van der Waals surface area (Å²) in [4.78, 5) is 4.48. The molecule has 3 aromatic carbocycles. The van der Waals surface area contributed by atoms with Crippen LogP contribution in [0.1, 0.15) is 23.1 Å². The molecule has 5 aromatic rings. The van der Waals surface area contributed by atoms with Crippen molar-refractivity contribution in [3.8, 4) is 17.9 Å². The van der Waals surface area contributed by atoms with Crippen LogP contribution in [0.15, 0.2) is 73.1 Å². The minimum absolute atomic E-state index is 0.0277. The topological polar surface area (TPSA) is 122 Å². The normalized spacial score (nSPS) is 14.8. The van der Waals surface area contributed by atoms with Crippen LogP contribution in [0.4, 0.5) is 17.1 Å². The molecule has 38 heavy (non-hydrogen) atoms. The Balaban J connectivity index is 1.31. The highest BCUT2D eigenvalue weighted by Gasteiger charge is 2.20. The Hall–Kier alpha value is -5.05. The molecule has 0 bridgehead atoms. The summed E-state index contributed by atoms with van der Waals surface area (Å²) >= 11 is 0. The number of nitrogen functional groups attached to an aromatic ring is 1. The van der Waals surface area contributed by atoms with Crippen LogP contribution < -0.4 is 15.8 Å². The summed E-state index contributed by atoms with van der Waals surface area (Å²) in [6.07, 6.45) is 4.39. The van der Waals surface area contributed by atoms with Crippen LogP contribution in [0.2, 0.25) is 0 Å². The molecule has 1 aliphatic heterocycles. The quantitative estimate of drug-likeness (QED) is 0.296. The van der Waals surface area contributed by atoms with Crippen LogP contribution in [-0.2, 0) is 11.3 Å². The molecule has 3 heterocycles. The van der Waals surface area contributed by atoms with Gasteiger partial charge in [0.25, 0.3) is 0 Å². The van der Waals surface area contributed by atoms with Gasteiger partial charge in [-0.2, -0.15) is 10.5 Å². The zero-order valence-electron chi connectivity index (χ0n) is 20.5. The molecule has 6 rings (SSSR count). The molecule has 1 atom stereocenters. The number of rotatable bonds is 6. The molecule has 1 unspecified atom stereocenters. The molecule has 1 fully saturated rings. The maximum atomic E-state index is 9.80. The van der Waals surface area contributed by atoms with Crippen LogP contribution in [0, 0.1) is 22.7 Å². The second-order valence-corrected chi connectivity index (χ2v) is 9.32. The van der Waals surface area contributed by atoms with E-state index in [1.54, 1.807) is 18.3 Å². The van der Waals surface area contributed by atoms with Crippen LogP contribution >= 0.6 is 0 Å². The third kappa shape index (κ3) is 4.45. The number of aromatic nitrogens is 2. The molecule has 186 valence electrons. The summed E-state index contributed by atoms with van der Waals surface area (Å²) in [6.45, 7) is 1.88. The zero-order chi connectivity index (χ0) is 26.1. The number of fused-ring (bicyclic) bond motifs is 2. The number of nitrogens with one attached hydrogen (secondary N) is 1. The number of anilines is 3. The van der Waals surface area contributed by atoms with Gasteiger partial charge in [-0.1, -0.05) is 12.1 Å². The zero-order valence-corrected chi connectivity index (χ0v) is 20.5. The molecular formula is C30H24N6O2. The first-order chi connectivity index (χ1) is 18.6. The van der Waals surface area contributed by atoms with Gasteiger partial charge in [0.1, 0.15) is 17.9 Å². The summed E-state index contributed by atoms with van der Waals surface area (Å²) in [5, 5.41) is 24.2. The van der Waals surface area contributed by atoms with Gasteiger partial charge >= 0.3 is 0 Å². The summed E-state index contributed by atoms with van der Waals surface area (Å²) in [7, 11) is 0. The molecular weight excluding hydrogens is 476 g/mol. The predicted octanol–water partition coefficient (Wildman–Crippen LogP) is 5.47. The van der Waals surface area contributed by atoms with Crippen molar-refractivity contribution >= 4 is 38.9 Å². The predicted molar refractivity (Wildman–Crippen MR) is 146 cm³/mol. The van der Waals surface area contributed by atoms with Gasteiger partial charge in [-0.15, -0.1) is 0 Å². The van der Waals surface area contributed by atoms with Crippen molar-refractivity contribution in [3.63, 3.8) is 0 Å². The lowest BCUT2D eigenvalue weighted by molar-refractivity contribution is 0.142. The van der Waals surface area contributed by atoms with E-state index in [1.807, 2.05) is 48.7 Å². The molecule has 1 saturated heterocycles. The summed E-state index contributed by atoms with van der Waals surface area (Å²) < 4.78 is 13.6. The fraction of sp³-hybridized carbons (Fsp3) is 0.167. The number of ether oxygens (including phenoxy) is 2. The van der Waals surface area contributed by atoms with E-state index >= 15 is 0 Å². The van der Waals surface area contributed by atoms with Crippen molar-refractivity contribution in [2.45, 2.75) is 19.1 Å². The van der Waals surface area contributed by atoms with Crippen molar-refractivity contribution < 1.29 is 9.47 Å². The second-order valence-electron chi connectivity index (χ2n) is 9.32. The van der Waals surface area contributed by atoms with Crippen LogP contribution in [0.5, 0.6) is 5.75 Å². The van der Waals surface area contributed by atoms with Crippen LogP contribution in [0.3, 0.4) is 0 Å². The maximum Gasteiger partial charge on any atom is 0.144 e. The molecule has 8 nitrogen and oxygen atoms in total. The van der Waals surface area contributed by atoms with E-state index in [-0.39, 0.29) is 6.10 Å². The number of hydrogen-bond donors (Lipinski definition) is 2. The van der Waals surface area contributed by atoms with Crippen molar-refractivity contribution in [3.05, 3.63) is 89.7 Å². The first-order valence-corrected chi connectivity index (χ1v) is 12.3. The molecule has 0 aliphatic carbocycles. The van der Waals surface area contributed by atoms with Gasteiger partial charge in [-0.3, -0.25) is 4.98 Å². The minimum atomic E-state index is -0.0277. The van der Waals surface area contributed by atoms with Gasteiger partial charge in [-0.05, 0) is 48.0 Å². The Bertz CT molecular complexity index is 1760. The average molecular weight is 501 g/mol. The third-order valence-corrected chi connectivity index (χ3v) is 6.75. The second kappa shape index (κ2) is 9.78. The monoisotopic (exact) mass is 500 g/mol. The summed E-state index contributed by atoms with van der Waals surface area (Å²) in [6, 6.07) is 23.8. The Morgan fingerprint density at radius 3 is 2.84 bits per heavy atom. The van der Waals surface area contributed by atoms with Gasteiger partial charge < -0.3 is 25.1 Å². The maximum absolute atomic E-state index is 9.80. The highest BCUT2D eigenvalue weighted by molar-refractivity contribution is 5.99. The molecule has 2 aromatic heterocycles. The lowest BCUT2D eigenvalue weighted by Gasteiger charge is -2.17. The fourth-order valence-corrected chi connectivity index (χ4v) is 4.84. The van der Waals surface area contributed by atoms with E-state index in [1.165, 1.54) is 0 Å². The van der Waals surface area contributed by atoms with Gasteiger partial charge in [0.15, 0.2) is 0 Å².